The molecule has 0 spiro atoms. The van der Waals surface area contributed by atoms with Gasteiger partial charge in [0.2, 0.25) is 0 Å². The van der Waals surface area contributed by atoms with Crippen LogP contribution in [0.4, 0.5) is 0 Å². The van der Waals surface area contributed by atoms with E-state index < -0.39 is 5.60 Å². The summed E-state index contributed by atoms with van der Waals surface area (Å²) in [5.41, 5.74) is 1.39. The minimum atomic E-state index is -1.24. The zero-order valence-corrected chi connectivity index (χ0v) is 13.6. The van der Waals surface area contributed by atoms with E-state index in [9.17, 15) is 9.90 Å². The number of carbonyl (C=O) groups excluding carboxylic acids is 1. The van der Waals surface area contributed by atoms with Gasteiger partial charge in [-0.25, -0.2) is 0 Å². The third-order valence-corrected chi connectivity index (χ3v) is 4.32. The fourth-order valence-corrected chi connectivity index (χ4v) is 2.66. The number of amides is 1. The van der Waals surface area contributed by atoms with Crippen molar-refractivity contribution in [2.24, 2.45) is 0 Å². The van der Waals surface area contributed by atoms with E-state index in [1.54, 1.807) is 0 Å². The third kappa shape index (κ3) is 4.55. The van der Waals surface area contributed by atoms with E-state index in [2.05, 4.69) is 43.4 Å². The second-order valence-electron chi connectivity index (χ2n) is 6.40. The molecule has 1 fully saturated rings. The molecule has 122 valence electrons. The summed E-state index contributed by atoms with van der Waals surface area (Å²) in [6.07, 6.45) is 2.57. The number of hydrogen-bond acceptors (Lipinski definition) is 3. The van der Waals surface area contributed by atoms with Crippen molar-refractivity contribution in [3.05, 3.63) is 35.4 Å². The van der Waals surface area contributed by atoms with Crippen LogP contribution in [0, 0.1) is 0 Å². The van der Waals surface area contributed by atoms with E-state index in [0.29, 0.717) is 38.5 Å². The molecule has 22 heavy (non-hydrogen) atoms. The molecule has 0 aliphatic carbocycles. The first-order valence-electron chi connectivity index (χ1n) is 8.18. The van der Waals surface area contributed by atoms with E-state index in [0.717, 1.165) is 12.8 Å². The highest BCUT2D eigenvalue weighted by Gasteiger charge is 2.37. The fraction of sp³-hybridized carbons (Fsp3) is 0.611. The molecule has 1 aromatic rings. The van der Waals surface area contributed by atoms with Gasteiger partial charge in [0.25, 0.3) is 5.91 Å². The topological polar surface area (TPSA) is 58.6 Å². The van der Waals surface area contributed by atoms with Crippen LogP contribution < -0.4 is 5.32 Å². The molecule has 0 atom stereocenters. The summed E-state index contributed by atoms with van der Waals surface area (Å²) in [6.45, 7) is 5.86. The second kappa shape index (κ2) is 7.75. The van der Waals surface area contributed by atoms with Crippen molar-refractivity contribution in [3.63, 3.8) is 0 Å². The maximum absolute atomic E-state index is 12.0. The van der Waals surface area contributed by atoms with Gasteiger partial charge in [-0.1, -0.05) is 38.1 Å². The van der Waals surface area contributed by atoms with Crippen molar-refractivity contribution in [1.29, 1.82) is 0 Å². The summed E-state index contributed by atoms with van der Waals surface area (Å²) >= 11 is 0. The largest absolute Gasteiger partial charge is 0.381 e. The molecule has 4 heteroatoms. The van der Waals surface area contributed by atoms with Gasteiger partial charge in [-0.2, -0.15) is 0 Å². The van der Waals surface area contributed by atoms with Crippen molar-refractivity contribution in [2.75, 3.05) is 19.8 Å². The first kappa shape index (κ1) is 17.0. The Labute approximate surface area is 132 Å². The molecule has 1 amide bonds. The molecule has 0 saturated carbocycles. The first-order chi connectivity index (χ1) is 10.5. The average Bonchev–Trinajstić information content (AvgIpc) is 2.52. The molecule has 1 saturated heterocycles. The van der Waals surface area contributed by atoms with Crippen molar-refractivity contribution >= 4 is 5.91 Å². The lowest BCUT2D eigenvalue weighted by atomic mass is 9.93. The van der Waals surface area contributed by atoms with Crippen LogP contribution in [0.1, 0.15) is 50.2 Å². The maximum Gasteiger partial charge on any atom is 0.252 e. The van der Waals surface area contributed by atoms with Crippen LogP contribution in [-0.2, 0) is 16.0 Å². The summed E-state index contributed by atoms with van der Waals surface area (Å²) in [5, 5.41) is 13.1. The van der Waals surface area contributed by atoms with Crippen molar-refractivity contribution < 1.29 is 14.6 Å². The van der Waals surface area contributed by atoms with Crippen LogP contribution in [-0.4, -0.2) is 36.4 Å². The van der Waals surface area contributed by atoms with Gasteiger partial charge in [-0.15, -0.1) is 0 Å². The van der Waals surface area contributed by atoms with Gasteiger partial charge in [-0.3, -0.25) is 4.79 Å². The number of hydrogen-bond donors (Lipinski definition) is 2. The Balaban J connectivity index is 1.71. The fourth-order valence-electron chi connectivity index (χ4n) is 2.66. The predicted octanol–water partition coefficient (Wildman–Crippen LogP) is 2.40. The van der Waals surface area contributed by atoms with Gasteiger partial charge in [0.15, 0.2) is 0 Å². The smallest absolute Gasteiger partial charge is 0.252 e. The molecule has 2 N–H and O–H groups in total. The monoisotopic (exact) mass is 305 g/mol. The highest BCUT2D eigenvalue weighted by Crippen LogP contribution is 2.20. The number of benzene rings is 1. The Morgan fingerprint density at radius 1 is 1.27 bits per heavy atom. The van der Waals surface area contributed by atoms with Crippen LogP contribution in [0.2, 0.25) is 0 Å². The number of aryl methyl sites for hydroxylation is 1. The molecule has 0 bridgehead atoms. The molecule has 1 aromatic carbocycles. The summed E-state index contributed by atoms with van der Waals surface area (Å²) in [6, 6.07) is 8.65. The minimum Gasteiger partial charge on any atom is -0.381 e. The van der Waals surface area contributed by atoms with Gasteiger partial charge >= 0.3 is 0 Å². The molecule has 4 nitrogen and oxygen atoms in total. The number of nitrogens with one attached hydrogen (secondary N) is 1. The minimum absolute atomic E-state index is 0.258. The normalized spacial score (nSPS) is 17.5. The van der Waals surface area contributed by atoms with E-state index in [1.807, 2.05) is 0 Å². The van der Waals surface area contributed by atoms with Crippen LogP contribution in [0.3, 0.4) is 0 Å². The van der Waals surface area contributed by atoms with Gasteiger partial charge in [0, 0.05) is 32.6 Å². The SMILES string of the molecule is CC(C)c1ccc(CCCNC(=O)C2(O)CCOCC2)cc1. The third-order valence-electron chi connectivity index (χ3n) is 4.32. The Morgan fingerprint density at radius 2 is 1.91 bits per heavy atom. The Hall–Kier alpha value is -1.39. The average molecular weight is 305 g/mol. The first-order valence-corrected chi connectivity index (χ1v) is 8.18. The molecule has 1 heterocycles. The van der Waals surface area contributed by atoms with Gasteiger partial charge in [0.1, 0.15) is 5.60 Å². The Bertz CT molecular complexity index is 476. The molecule has 2 rings (SSSR count). The predicted molar refractivity (Wildman–Crippen MR) is 86.9 cm³/mol. The summed E-state index contributed by atoms with van der Waals surface area (Å²) in [4.78, 5) is 12.0. The molecular formula is C18H27NO3. The van der Waals surface area contributed by atoms with Crippen LogP contribution in [0.5, 0.6) is 0 Å². The van der Waals surface area contributed by atoms with Gasteiger partial charge in [0.05, 0.1) is 0 Å². The molecule has 0 unspecified atom stereocenters. The van der Waals surface area contributed by atoms with Crippen LogP contribution in [0.15, 0.2) is 24.3 Å². The molecule has 1 aliphatic heterocycles. The molecular weight excluding hydrogens is 278 g/mol. The zero-order valence-electron chi connectivity index (χ0n) is 13.6. The summed E-state index contributed by atoms with van der Waals surface area (Å²) in [5.74, 6) is 0.291. The molecule has 0 aromatic heterocycles. The number of aliphatic hydroxyl groups is 1. The standard InChI is InChI=1S/C18H27NO3/c1-14(2)16-7-5-15(6-8-16)4-3-11-19-17(20)18(21)9-12-22-13-10-18/h5-8,14,21H,3-4,9-13H2,1-2H3,(H,19,20). The highest BCUT2D eigenvalue weighted by molar-refractivity contribution is 5.84. The molecule has 0 radical (unpaired) electrons. The van der Waals surface area contributed by atoms with E-state index in [1.165, 1.54) is 11.1 Å². The van der Waals surface area contributed by atoms with Crippen molar-refractivity contribution in [2.45, 2.75) is 51.0 Å². The maximum atomic E-state index is 12.0. The van der Waals surface area contributed by atoms with Crippen molar-refractivity contribution in [3.8, 4) is 0 Å². The lowest BCUT2D eigenvalue weighted by Gasteiger charge is -2.30. The Kier molecular flexibility index (Phi) is 5.98. The second-order valence-corrected chi connectivity index (χ2v) is 6.40. The highest BCUT2D eigenvalue weighted by atomic mass is 16.5. The van der Waals surface area contributed by atoms with E-state index in [4.69, 9.17) is 4.74 Å². The number of rotatable bonds is 6. The number of carbonyl (C=O) groups is 1. The lowest BCUT2D eigenvalue weighted by Crippen LogP contribution is -2.50. The number of ether oxygens (including phenoxy) is 1. The molecule has 1 aliphatic rings. The van der Waals surface area contributed by atoms with Crippen LogP contribution in [0.25, 0.3) is 0 Å². The Morgan fingerprint density at radius 3 is 2.50 bits per heavy atom. The van der Waals surface area contributed by atoms with Crippen molar-refractivity contribution in [1.82, 2.24) is 5.32 Å². The van der Waals surface area contributed by atoms with Gasteiger partial charge < -0.3 is 15.2 Å². The van der Waals surface area contributed by atoms with Crippen LogP contribution >= 0.6 is 0 Å². The van der Waals surface area contributed by atoms with E-state index in [-0.39, 0.29) is 5.91 Å². The quantitative estimate of drug-likeness (QED) is 0.794. The zero-order chi connectivity index (χ0) is 16.0. The summed E-state index contributed by atoms with van der Waals surface area (Å²) < 4.78 is 5.18. The van der Waals surface area contributed by atoms with E-state index >= 15 is 0 Å². The summed E-state index contributed by atoms with van der Waals surface area (Å²) in [7, 11) is 0. The lowest BCUT2D eigenvalue weighted by molar-refractivity contribution is -0.149. The van der Waals surface area contributed by atoms with Gasteiger partial charge in [-0.05, 0) is 29.9 Å².